The summed E-state index contributed by atoms with van der Waals surface area (Å²) in [6.07, 6.45) is 0.812. The van der Waals surface area contributed by atoms with Crippen molar-refractivity contribution in [3.8, 4) is 5.75 Å². The number of phenols is 1. The van der Waals surface area contributed by atoms with Crippen molar-refractivity contribution in [3.63, 3.8) is 0 Å². The van der Waals surface area contributed by atoms with Crippen molar-refractivity contribution in [3.05, 3.63) is 28.8 Å². The number of benzene rings is 1. The van der Waals surface area contributed by atoms with Gasteiger partial charge in [-0.3, -0.25) is 4.57 Å². The highest BCUT2D eigenvalue weighted by molar-refractivity contribution is 7.51. The Morgan fingerprint density at radius 3 is 2.04 bits per heavy atom. The summed E-state index contributed by atoms with van der Waals surface area (Å²) in [6, 6.07) is 3.67. The van der Waals surface area contributed by atoms with E-state index in [1.165, 1.54) is 0 Å². The lowest BCUT2D eigenvalue weighted by Crippen LogP contribution is -2.20. The molecule has 132 valence electrons. The van der Waals surface area contributed by atoms with E-state index in [0.29, 0.717) is 0 Å². The van der Waals surface area contributed by atoms with Gasteiger partial charge in [-0.1, -0.05) is 53.7 Å². The summed E-state index contributed by atoms with van der Waals surface area (Å²) >= 11 is 0. The lowest BCUT2D eigenvalue weighted by molar-refractivity contribution is 0.272. The molecule has 0 bridgehead atoms. The fraction of sp³-hybridized carbons (Fsp3) is 0.667. The summed E-state index contributed by atoms with van der Waals surface area (Å²) in [7, 11) is -3.66. The summed E-state index contributed by atoms with van der Waals surface area (Å²) in [5, 5.41) is 10.8. The van der Waals surface area contributed by atoms with Gasteiger partial charge in [-0.15, -0.1) is 0 Å². The van der Waals surface area contributed by atoms with Gasteiger partial charge in [0.25, 0.3) is 0 Å². The molecule has 2 N–H and O–H groups in total. The highest BCUT2D eigenvalue weighted by atomic mass is 31.2. The van der Waals surface area contributed by atoms with Crippen LogP contribution in [0.1, 0.15) is 71.6 Å². The van der Waals surface area contributed by atoms with E-state index in [4.69, 9.17) is 4.52 Å². The van der Waals surface area contributed by atoms with Crippen molar-refractivity contribution in [1.29, 1.82) is 0 Å². The zero-order valence-electron chi connectivity index (χ0n) is 15.4. The van der Waals surface area contributed by atoms with Crippen molar-refractivity contribution in [2.24, 2.45) is 0 Å². The topological polar surface area (TPSA) is 66.8 Å². The molecule has 0 aliphatic rings. The fourth-order valence-electron chi connectivity index (χ4n) is 2.54. The minimum Gasteiger partial charge on any atom is -0.507 e. The molecule has 0 amide bonds. The molecule has 0 aromatic heterocycles. The largest absolute Gasteiger partial charge is 0.507 e. The minimum atomic E-state index is -3.66. The lowest BCUT2D eigenvalue weighted by Gasteiger charge is -2.30. The number of hydrogen-bond acceptors (Lipinski definition) is 3. The molecule has 0 saturated heterocycles. The van der Waals surface area contributed by atoms with Crippen LogP contribution >= 0.6 is 7.60 Å². The quantitative estimate of drug-likeness (QED) is 0.706. The van der Waals surface area contributed by atoms with Crippen molar-refractivity contribution in [2.75, 3.05) is 6.61 Å². The number of aromatic hydroxyl groups is 1. The van der Waals surface area contributed by atoms with Crippen molar-refractivity contribution < 1.29 is 19.1 Å². The van der Waals surface area contributed by atoms with Gasteiger partial charge in [-0.05, 0) is 35.3 Å². The molecule has 1 aromatic rings. The number of phenolic OH excluding ortho intramolecular Hbond substituents is 1. The van der Waals surface area contributed by atoms with E-state index in [1.807, 2.05) is 32.9 Å². The third-order valence-electron chi connectivity index (χ3n) is 4.30. The normalized spacial score (nSPS) is 15.5. The van der Waals surface area contributed by atoms with Crippen LogP contribution in [0.2, 0.25) is 0 Å². The predicted molar refractivity (Wildman–Crippen MR) is 95.3 cm³/mol. The Labute approximate surface area is 140 Å². The van der Waals surface area contributed by atoms with Crippen LogP contribution in [-0.2, 0) is 26.1 Å². The summed E-state index contributed by atoms with van der Waals surface area (Å²) < 4.78 is 17.1. The van der Waals surface area contributed by atoms with E-state index < -0.39 is 7.60 Å². The van der Waals surface area contributed by atoms with E-state index in [9.17, 15) is 14.6 Å². The fourth-order valence-corrected chi connectivity index (χ4v) is 3.68. The average molecular weight is 342 g/mol. The van der Waals surface area contributed by atoms with Crippen LogP contribution in [0.3, 0.4) is 0 Å². The summed E-state index contributed by atoms with van der Waals surface area (Å²) in [5.74, 6) is 0.289. The predicted octanol–water partition coefficient (Wildman–Crippen LogP) is 5.10. The Morgan fingerprint density at radius 1 is 1.09 bits per heavy atom. The molecular weight excluding hydrogens is 311 g/mol. The molecule has 0 spiro atoms. The maximum atomic E-state index is 12.1. The first-order chi connectivity index (χ1) is 10.3. The maximum absolute atomic E-state index is 12.1. The Morgan fingerprint density at radius 2 is 1.61 bits per heavy atom. The van der Waals surface area contributed by atoms with Gasteiger partial charge < -0.3 is 14.5 Å². The molecule has 0 radical (unpaired) electrons. The van der Waals surface area contributed by atoms with Crippen LogP contribution in [-0.4, -0.2) is 16.6 Å². The van der Waals surface area contributed by atoms with Crippen LogP contribution in [0.4, 0.5) is 0 Å². The van der Waals surface area contributed by atoms with Crippen LogP contribution in [0.25, 0.3) is 0 Å². The molecule has 0 aliphatic heterocycles. The van der Waals surface area contributed by atoms with E-state index in [2.05, 4.69) is 20.8 Å². The second-order valence-corrected chi connectivity index (χ2v) is 9.59. The molecule has 0 aliphatic carbocycles. The van der Waals surface area contributed by atoms with Gasteiger partial charge >= 0.3 is 7.60 Å². The summed E-state index contributed by atoms with van der Waals surface area (Å²) in [6.45, 7) is 14.2. The summed E-state index contributed by atoms with van der Waals surface area (Å²) in [4.78, 5) is 9.95. The Kier molecular flexibility index (Phi) is 6.12. The molecule has 4 nitrogen and oxygen atoms in total. The Bertz CT molecular complexity index is 600. The first kappa shape index (κ1) is 20.2. The van der Waals surface area contributed by atoms with Gasteiger partial charge in [0.15, 0.2) is 0 Å². The summed E-state index contributed by atoms with van der Waals surface area (Å²) in [5.41, 5.74) is 1.86. The van der Waals surface area contributed by atoms with Crippen LogP contribution in [0.5, 0.6) is 5.75 Å². The number of hydrogen-bond donors (Lipinski definition) is 2. The van der Waals surface area contributed by atoms with E-state index in [0.717, 1.165) is 23.1 Å². The van der Waals surface area contributed by atoms with Crippen molar-refractivity contribution >= 4 is 7.60 Å². The van der Waals surface area contributed by atoms with Gasteiger partial charge in [0, 0.05) is 5.56 Å². The molecular formula is C18H31O4P. The molecule has 1 atom stereocenters. The average Bonchev–Trinajstić information content (AvgIpc) is 2.38. The first-order valence-corrected chi connectivity index (χ1v) is 9.93. The molecule has 0 heterocycles. The molecule has 5 heteroatoms. The van der Waals surface area contributed by atoms with Gasteiger partial charge in [0.1, 0.15) is 5.75 Å². The van der Waals surface area contributed by atoms with E-state index in [-0.39, 0.29) is 29.3 Å². The molecule has 1 aromatic carbocycles. The van der Waals surface area contributed by atoms with Gasteiger partial charge in [-0.25, -0.2) is 0 Å². The Hall–Kier alpha value is -0.830. The van der Waals surface area contributed by atoms with Gasteiger partial charge in [0.05, 0.1) is 12.8 Å². The zero-order chi connectivity index (χ0) is 18.1. The number of rotatable bonds is 6. The molecule has 0 saturated carbocycles. The first-order valence-electron chi connectivity index (χ1n) is 8.17. The van der Waals surface area contributed by atoms with Gasteiger partial charge in [0.2, 0.25) is 0 Å². The minimum absolute atomic E-state index is 0.0446. The van der Waals surface area contributed by atoms with Crippen LogP contribution < -0.4 is 0 Å². The van der Waals surface area contributed by atoms with E-state index >= 15 is 0 Å². The SMILES string of the molecule is CCOP(=O)(O)Cc1cc(C(C)(C)C)c(O)c(C(C)(C)CC)c1. The smallest absolute Gasteiger partial charge is 0.332 e. The molecule has 0 fully saturated rings. The van der Waals surface area contributed by atoms with Gasteiger partial charge in [-0.2, -0.15) is 0 Å². The van der Waals surface area contributed by atoms with Crippen LogP contribution in [0.15, 0.2) is 12.1 Å². The third kappa shape index (κ3) is 5.07. The molecule has 23 heavy (non-hydrogen) atoms. The highest BCUT2D eigenvalue weighted by Gasteiger charge is 2.30. The van der Waals surface area contributed by atoms with Crippen molar-refractivity contribution in [1.82, 2.24) is 0 Å². The third-order valence-corrected chi connectivity index (χ3v) is 5.73. The second kappa shape index (κ2) is 6.96. The Balaban J connectivity index is 3.50. The van der Waals surface area contributed by atoms with E-state index in [1.54, 1.807) is 6.92 Å². The zero-order valence-corrected chi connectivity index (χ0v) is 16.3. The lowest BCUT2D eigenvalue weighted by atomic mass is 9.76. The van der Waals surface area contributed by atoms with Crippen LogP contribution in [0, 0.1) is 0 Å². The monoisotopic (exact) mass is 342 g/mol. The standard InChI is InChI=1S/C18H31O4P/c1-8-18(6,7)15-11-13(12-23(20,21)22-9-2)10-14(16(15)19)17(3,4)5/h10-11,19H,8-9,12H2,1-7H3,(H,20,21). The second-order valence-electron chi connectivity index (χ2n) is 7.74. The maximum Gasteiger partial charge on any atom is 0.332 e. The van der Waals surface area contributed by atoms with Crippen molar-refractivity contribution in [2.45, 2.75) is 71.9 Å². The highest BCUT2D eigenvalue weighted by Crippen LogP contribution is 2.48. The molecule has 1 rings (SSSR count). The molecule has 1 unspecified atom stereocenters.